The lowest BCUT2D eigenvalue weighted by atomic mass is 9.97. The molecule has 3 aliphatic heterocycles. The van der Waals surface area contributed by atoms with Crippen molar-refractivity contribution in [2.24, 2.45) is 0 Å². The van der Waals surface area contributed by atoms with E-state index in [9.17, 15) is 18.0 Å². The highest BCUT2D eigenvalue weighted by Gasteiger charge is 2.42. The number of carbonyl (C=O) groups excluding carboxylic acids is 1. The van der Waals surface area contributed by atoms with Gasteiger partial charge in [0.1, 0.15) is 11.4 Å². The van der Waals surface area contributed by atoms with Gasteiger partial charge in [-0.2, -0.15) is 24.9 Å². The van der Waals surface area contributed by atoms with Crippen LogP contribution in [-0.4, -0.2) is 42.8 Å². The van der Waals surface area contributed by atoms with Crippen LogP contribution < -0.4 is 4.74 Å². The molecule has 0 aliphatic carbocycles. The second-order valence-electron chi connectivity index (χ2n) is 12.8. The Balaban J connectivity index is 0.000000442. The maximum atomic E-state index is 12.3. The number of rotatable bonds is 5. The van der Waals surface area contributed by atoms with Crippen molar-refractivity contribution in [3.8, 4) is 5.75 Å². The Hall–Kier alpha value is -3.08. The molecule has 0 amide bonds. The van der Waals surface area contributed by atoms with Crippen molar-refractivity contribution in [1.82, 2.24) is 0 Å². The lowest BCUT2D eigenvalue weighted by molar-refractivity contribution is -0.0384. The van der Waals surface area contributed by atoms with Gasteiger partial charge in [0.2, 0.25) is 0 Å². The smallest absolute Gasteiger partial charge is 0.464 e. The number of alkyl halides is 3. The van der Waals surface area contributed by atoms with Crippen LogP contribution >= 0.6 is 23.5 Å². The molecular weight excluding hydrogens is 706 g/mol. The summed E-state index contributed by atoms with van der Waals surface area (Å²) in [5, 5.41) is 5.50. The zero-order valence-electron chi connectivity index (χ0n) is 27.6. The fraction of sp³-hybridized carbons (Fsp3) is 0.500. The van der Waals surface area contributed by atoms with E-state index in [0.29, 0.717) is 5.25 Å². The molecule has 5 nitrogen and oxygen atoms in total. The third-order valence-corrected chi connectivity index (χ3v) is 11.0. The fourth-order valence-corrected chi connectivity index (χ4v) is 8.91. The van der Waals surface area contributed by atoms with E-state index in [2.05, 4.69) is 72.4 Å². The summed E-state index contributed by atoms with van der Waals surface area (Å²) in [6, 6.07) is 27.4. The highest BCUT2D eigenvalue weighted by atomic mass is 32.2. The predicted molar refractivity (Wildman–Crippen MR) is 217 cm³/mol. The van der Waals surface area contributed by atoms with E-state index in [1.165, 1.54) is 34.9 Å². The molecule has 4 aromatic carbocycles. The standard InChI is InChI=1S/C19H22O3S.C18H20O2S.CHF3.4CH4/c1-18(2,3)21-17(20)22-19(12-7-13-23-19)16-11-6-9-14-8-4-5-10-15(14)16;1-2-6-14-13(5-1)15(17-7-4-12-21-17)9-10-16(14)20-18-8-3-11-19-18;2-1(3)4;;;;/h4-6,8-11H,7,12-13H2,1-3H3;1-2,5-6,9-10,17-18H,3-4,7-8,11-12H2;1H;4*1H4. The van der Waals surface area contributed by atoms with Gasteiger partial charge in [0, 0.05) is 29.0 Å². The summed E-state index contributed by atoms with van der Waals surface area (Å²) in [4.78, 5) is 11.6. The molecule has 7 rings (SSSR count). The molecule has 0 N–H and O–H groups in total. The molecular formula is C42H59F3O5S2. The number of benzene rings is 4. The minimum Gasteiger partial charge on any atom is -0.464 e. The first-order valence-corrected chi connectivity index (χ1v) is 18.5. The van der Waals surface area contributed by atoms with E-state index < -0.39 is 23.4 Å². The second-order valence-corrected chi connectivity index (χ2v) is 15.5. The monoisotopic (exact) mass is 764 g/mol. The van der Waals surface area contributed by atoms with Crippen LogP contribution in [0.1, 0.15) is 105 Å². The van der Waals surface area contributed by atoms with Crippen LogP contribution in [0.5, 0.6) is 5.75 Å². The van der Waals surface area contributed by atoms with Gasteiger partial charge in [-0.15, -0.1) is 11.8 Å². The number of carbonyl (C=O) groups is 1. The van der Waals surface area contributed by atoms with Crippen molar-refractivity contribution >= 4 is 51.2 Å². The molecule has 3 unspecified atom stereocenters. The molecule has 3 fully saturated rings. The molecule has 290 valence electrons. The van der Waals surface area contributed by atoms with Gasteiger partial charge < -0.3 is 18.9 Å². The van der Waals surface area contributed by atoms with Crippen LogP contribution in [0.4, 0.5) is 18.0 Å². The summed E-state index contributed by atoms with van der Waals surface area (Å²) < 4.78 is 51.9. The minimum atomic E-state index is -3.67. The maximum Gasteiger partial charge on any atom is 0.510 e. The van der Waals surface area contributed by atoms with Crippen LogP contribution in [0.2, 0.25) is 0 Å². The Morgan fingerprint density at radius 2 is 1.46 bits per heavy atom. The number of hydrogen-bond acceptors (Lipinski definition) is 7. The zero-order chi connectivity index (χ0) is 34.1. The van der Waals surface area contributed by atoms with Gasteiger partial charge in [-0.3, -0.25) is 0 Å². The van der Waals surface area contributed by atoms with Crippen molar-refractivity contribution < 1.29 is 36.9 Å². The molecule has 4 aromatic rings. The molecule has 10 heteroatoms. The number of ether oxygens (including phenoxy) is 4. The first-order valence-electron chi connectivity index (χ1n) is 16.4. The average Bonchev–Trinajstić information content (AvgIpc) is 3.85. The molecule has 3 heterocycles. The first kappa shape index (κ1) is 46.9. The van der Waals surface area contributed by atoms with E-state index in [4.69, 9.17) is 18.9 Å². The minimum absolute atomic E-state index is 0. The summed E-state index contributed by atoms with van der Waals surface area (Å²) in [7, 11) is 0. The first-order chi connectivity index (χ1) is 23.0. The summed E-state index contributed by atoms with van der Waals surface area (Å²) >= 11 is 3.77. The van der Waals surface area contributed by atoms with E-state index in [0.717, 1.165) is 60.1 Å². The molecule has 0 bridgehead atoms. The van der Waals surface area contributed by atoms with Crippen molar-refractivity contribution in [2.75, 3.05) is 18.1 Å². The molecule has 0 saturated carbocycles. The second kappa shape index (κ2) is 21.6. The number of fused-ring (bicyclic) bond motifs is 2. The normalized spacial score (nSPS) is 20.4. The number of halogens is 3. The van der Waals surface area contributed by atoms with Crippen molar-refractivity contribution in [3.05, 3.63) is 90.0 Å². The molecule has 3 aliphatic rings. The third kappa shape index (κ3) is 12.5. The highest BCUT2D eigenvalue weighted by molar-refractivity contribution is 8.00. The van der Waals surface area contributed by atoms with Crippen LogP contribution in [0.25, 0.3) is 21.5 Å². The van der Waals surface area contributed by atoms with Crippen molar-refractivity contribution in [3.63, 3.8) is 0 Å². The van der Waals surface area contributed by atoms with Gasteiger partial charge >= 0.3 is 12.8 Å². The van der Waals surface area contributed by atoms with E-state index in [-0.39, 0.29) is 36.0 Å². The molecule has 52 heavy (non-hydrogen) atoms. The average molecular weight is 765 g/mol. The van der Waals surface area contributed by atoms with Gasteiger partial charge in [-0.25, -0.2) is 4.79 Å². The molecule has 0 spiro atoms. The van der Waals surface area contributed by atoms with Crippen molar-refractivity contribution in [1.29, 1.82) is 0 Å². The Bertz CT molecular complexity index is 1640. The van der Waals surface area contributed by atoms with E-state index >= 15 is 0 Å². The lowest BCUT2D eigenvalue weighted by Gasteiger charge is -2.31. The van der Waals surface area contributed by atoms with Gasteiger partial charge in [0.25, 0.3) is 0 Å². The van der Waals surface area contributed by atoms with Crippen molar-refractivity contribution in [2.45, 2.75) is 118 Å². The van der Waals surface area contributed by atoms with Gasteiger partial charge in [0.15, 0.2) is 11.2 Å². The highest BCUT2D eigenvalue weighted by Crippen LogP contribution is 2.50. The summed E-state index contributed by atoms with van der Waals surface area (Å²) in [6.07, 6.45) is 5.88. The largest absolute Gasteiger partial charge is 0.510 e. The fourth-order valence-electron chi connectivity index (χ4n) is 6.21. The Morgan fingerprint density at radius 3 is 2.06 bits per heavy atom. The van der Waals surface area contributed by atoms with E-state index in [1.807, 2.05) is 39.0 Å². The maximum absolute atomic E-state index is 12.3. The predicted octanol–water partition coefficient (Wildman–Crippen LogP) is 14.1. The molecule has 3 saturated heterocycles. The van der Waals surface area contributed by atoms with Crippen LogP contribution in [0, 0.1) is 0 Å². The third-order valence-electron chi connectivity index (χ3n) is 8.16. The van der Waals surface area contributed by atoms with Gasteiger partial charge in [0.05, 0.1) is 6.61 Å². The summed E-state index contributed by atoms with van der Waals surface area (Å²) in [5.74, 6) is 3.23. The van der Waals surface area contributed by atoms with E-state index in [1.54, 1.807) is 11.8 Å². The quantitative estimate of drug-likeness (QED) is 0.188. The zero-order valence-corrected chi connectivity index (χ0v) is 29.2. The summed E-state index contributed by atoms with van der Waals surface area (Å²) in [5.41, 5.74) is 1.97. The Kier molecular flexibility index (Phi) is 19.5. The molecule has 0 radical (unpaired) electrons. The van der Waals surface area contributed by atoms with Gasteiger partial charge in [-0.05, 0) is 85.7 Å². The van der Waals surface area contributed by atoms with Gasteiger partial charge in [-0.1, -0.05) is 103 Å². The summed E-state index contributed by atoms with van der Waals surface area (Å²) in [6.45, 7) is 2.70. The number of hydrogen-bond donors (Lipinski definition) is 0. The lowest BCUT2D eigenvalue weighted by Crippen LogP contribution is -2.31. The van der Waals surface area contributed by atoms with Crippen LogP contribution in [0.15, 0.2) is 78.9 Å². The SMILES string of the molecule is C.C.C.C.CC(C)(C)OC(=O)OC1(c2cccc3ccccc23)CCCS1.FC(F)F.c1ccc2c(C3CCCS3)ccc(OC3CCCO3)c2c1. The topological polar surface area (TPSA) is 54.0 Å². The van der Waals surface area contributed by atoms with Crippen LogP contribution in [-0.2, 0) is 19.1 Å². The van der Waals surface area contributed by atoms with Crippen LogP contribution in [0.3, 0.4) is 0 Å². The molecule has 0 aromatic heterocycles. The Labute approximate surface area is 318 Å². The Morgan fingerprint density at radius 1 is 0.808 bits per heavy atom. The number of thioether (sulfide) groups is 2. The molecule has 3 atom stereocenters.